The van der Waals surface area contributed by atoms with E-state index in [1.807, 2.05) is 35.8 Å². The summed E-state index contributed by atoms with van der Waals surface area (Å²) < 4.78 is 1.86. The Morgan fingerprint density at radius 3 is 2.35 bits per heavy atom. The third-order valence-electron chi connectivity index (χ3n) is 4.16. The fourth-order valence-corrected chi connectivity index (χ4v) is 3.57. The number of nitrogen functional groups attached to an aromatic ring is 1. The van der Waals surface area contributed by atoms with E-state index < -0.39 is 0 Å². The SMILES string of the molecule is Cc1ccc(-c2c(C)sc(=O)n2Cc2ccc(N)cc2)cc1C. The van der Waals surface area contributed by atoms with Crippen LogP contribution in [0.4, 0.5) is 5.69 Å². The molecule has 0 unspecified atom stereocenters. The number of nitrogens with two attached hydrogens (primary N) is 1. The third kappa shape index (κ3) is 3.08. The Bertz CT molecular complexity index is 904. The van der Waals surface area contributed by atoms with Crippen molar-refractivity contribution in [3.05, 3.63) is 73.7 Å². The molecule has 0 amide bonds. The fourth-order valence-electron chi connectivity index (χ4n) is 2.71. The summed E-state index contributed by atoms with van der Waals surface area (Å²) in [6.07, 6.45) is 0. The normalized spacial score (nSPS) is 10.9. The molecule has 0 saturated carbocycles. The molecule has 23 heavy (non-hydrogen) atoms. The lowest BCUT2D eigenvalue weighted by atomic mass is 10.0. The molecule has 3 rings (SSSR count). The van der Waals surface area contributed by atoms with Crippen molar-refractivity contribution in [1.29, 1.82) is 0 Å². The van der Waals surface area contributed by atoms with Gasteiger partial charge in [0.25, 0.3) is 0 Å². The van der Waals surface area contributed by atoms with Crippen molar-refractivity contribution in [2.45, 2.75) is 27.3 Å². The second kappa shape index (κ2) is 6.05. The van der Waals surface area contributed by atoms with E-state index in [0.717, 1.165) is 27.4 Å². The predicted molar refractivity (Wildman–Crippen MR) is 98.2 cm³/mol. The van der Waals surface area contributed by atoms with Crippen LogP contribution in [0.3, 0.4) is 0 Å². The van der Waals surface area contributed by atoms with Crippen molar-refractivity contribution in [2.24, 2.45) is 0 Å². The summed E-state index contributed by atoms with van der Waals surface area (Å²) >= 11 is 1.31. The lowest BCUT2D eigenvalue weighted by Gasteiger charge is -2.11. The second-order valence-electron chi connectivity index (χ2n) is 5.90. The van der Waals surface area contributed by atoms with Gasteiger partial charge in [-0.15, -0.1) is 0 Å². The Labute approximate surface area is 140 Å². The Balaban J connectivity index is 2.09. The lowest BCUT2D eigenvalue weighted by Crippen LogP contribution is -2.15. The van der Waals surface area contributed by atoms with Crippen molar-refractivity contribution >= 4 is 17.0 Å². The minimum atomic E-state index is 0.0764. The number of hydrogen-bond acceptors (Lipinski definition) is 3. The minimum absolute atomic E-state index is 0.0764. The monoisotopic (exact) mass is 324 g/mol. The van der Waals surface area contributed by atoms with E-state index in [-0.39, 0.29) is 4.87 Å². The number of rotatable bonds is 3. The maximum Gasteiger partial charge on any atom is 0.308 e. The molecule has 4 heteroatoms. The first-order valence-electron chi connectivity index (χ1n) is 7.58. The van der Waals surface area contributed by atoms with Gasteiger partial charge in [-0.3, -0.25) is 9.36 Å². The van der Waals surface area contributed by atoms with E-state index in [4.69, 9.17) is 5.73 Å². The van der Waals surface area contributed by atoms with E-state index in [9.17, 15) is 4.79 Å². The molecule has 0 aliphatic rings. The van der Waals surface area contributed by atoms with Gasteiger partial charge in [0.1, 0.15) is 0 Å². The Morgan fingerprint density at radius 2 is 1.70 bits per heavy atom. The van der Waals surface area contributed by atoms with E-state index >= 15 is 0 Å². The lowest BCUT2D eigenvalue weighted by molar-refractivity contribution is 0.790. The summed E-state index contributed by atoms with van der Waals surface area (Å²) in [4.78, 5) is 13.5. The van der Waals surface area contributed by atoms with E-state index in [1.165, 1.54) is 22.5 Å². The van der Waals surface area contributed by atoms with Crippen LogP contribution in [0.5, 0.6) is 0 Å². The number of benzene rings is 2. The van der Waals surface area contributed by atoms with Crippen molar-refractivity contribution in [2.75, 3.05) is 5.73 Å². The molecule has 0 spiro atoms. The molecule has 2 N–H and O–H groups in total. The molecule has 0 bridgehead atoms. The number of hydrogen-bond donors (Lipinski definition) is 1. The van der Waals surface area contributed by atoms with Gasteiger partial charge in [-0.1, -0.05) is 35.6 Å². The molecule has 1 aromatic heterocycles. The van der Waals surface area contributed by atoms with Gasteiger partial charge in [-0.25, -0.2) is 0 Å². The van der Waals surface area contributed by atoms with Gasteiger partial charge in [0.2, 0.25) is 0 Å². The maximum absolute atomic E-state index is 12.4. The Hall–Kier alpha value is -2.33. The van der Waals surface area contributed by atoms with Crippen molar-refractivity contribution < 1.29 is 0 Å². The summed E-state index contributed by atoms with van der Waals surface area (Å²) in [6, 6.07) is 14.0. The van der Waals surface area contributed by atoms with Gasteiger partial charge in [0.05, 0.1) is 12.2 Å². The highest BCUT2D eigenvalue weighted by atomic mass is 32.1. The van der Waals surface area contributed by atoms with Crippen LogP contribution in [0.15, 0.2) is 47.3 Å². The van der Waals surface area contributed by atoms with Crippen LogP contribution in [-0.2, 0) is 6.54 Å². The summed E-state index contributed by atoms with van der Waals surface area (Å²) in [5.41, 5.74) is 12.2. The molecular weight excluding hydrogens is 304 g/mol. The summed E-state index contributed by atoms with van der Waals surface area (Å²) in [5.74, 6) is 0. The fraction of sp³-hybridized carbons (Fsp3) is 0.211. The zero-order chi connectivity index (χ0) is 16.6. The Morgan fingerprint density at radius 1 is 1.00 bits per heavy atom. The molecule has 2 aromatic carbocycles. The summed E-state index contributed by atoms with van der Waals surface area (Å²) in [5, 5.41) is 0. The molecule has 0 saturated heterocycles. The topological polar surface area (TPSA) is 48.0 Å². The predicted octanol–water partition coefficient (Wildman–Crippen LogP) is 4.13. The molecule has 3 aromatic rings. The molecule has 0 atom stereocenters. The molecule has 1 heterocycles. The van der Waals surface area contributed by atoms with Gasteiger partial charge in [0, 0.05) is 10.6 Å². The number of anilines is 1. The van der Waals surface area contributed by atoms with Crippen LogP contribution in [0.1, 0.15) is 21.6 Å². The van der Waals surface area contributed by atoms with Gasteiger partial charge in [0.15, 0.2) is 0 Å². The van der Waals surface area contributed by atoms with Gasteiger partial charge in [-0.05, 0) is 61.2 Å². The third-order valence-corrected chi connectivity index (χ3v) is 5.06. The summed E-state index contributed by atoms with van der Waals surface area (Å²) in [7, 11) is 0. The first-order valence-corrected chi connectivity index (χ1v) is 8.39. The van der Waals surface area contributed by atoms with Crippen LogP contribution in [0.25, 0.3) is 11.3 Å². The molecule has 0 aliphatic heterocycles. The summed E-state index contributed by atoms with van der Waals surface area (Å²) in [6.45, 7) is 6.77. The van der Waals surface area contributed by atoms with Crippen molar-refractivity contribution in [3.63, 3.8) is 0 Å². The zero-order valence-corrected chi connectivity index (χ0v) is 14.4. The van der Waals surface area contributed by atoms with Crippen molar-refractivity contribution in [1.82, 2.24) is 4.57 Å². The molecule has 118 valence electrons. The average molecular weight is 324 g/mol. The Kier molecular flexibility index (Phi) is 4.09. The van der Waals surface area contributed by atoms with Crippen LogP contribution in [0.2, 0.25) is 0 Å². The molecule has 0 fully saturated rings. The molecule has 3 nitrogen and oxygen atoms in total. The highest BCUT2D eigenvalue weighted by Crippen LogP contribution is 2.27. The maximum atomic E-state index is 12.4. The minimum Gasteiger partial charge on any atom is -0.399 e. The van der Waals surface area contributed by atoms with E-state index in [2.05, 4.69) is 32.0 Å². The largest absolute Gasteiger partial charge is 0.399 e. The van der Waals surface area contributed by atoms with Crippen LogP contribution < -0.4 is 10.6 Å². The number of aromatic nitrogens is 1. The number of nitrogens with zero attached hydrogens (tertiary/aromatic N) is 1. The second-order valence-corrected chi connectivity index (χ2v) is 7.07. The van der Waals surface area contributed by atoms with Crippen LogP contribution in [0, 0.1) is 20.8 Å². The van der Waals surface area contributed by atoms with Crippen LogP contribution >= 0.6 is 11.3 Å². The highest BCUT2D eigenvalue weighted by Gasteiger charge is 2.14. The molecule has 0 radical (unpaired) electrons. The number of aryl methyl sites for hydroxylation is 3. The zero-order valence-electron chi connectivity index (χ0n) is 13.6. The van der Waals surface area contributed by atoms with Crippen LogP contribution in [-0.4, -0.2) is 4.57 Å². The number of thiazole rings is 1. The van der Waals surface area contributed by atoms with Gasteiger partial charge in [-0.2, -0.15) is 0 Å². The van der Waals surface area contributed by atoms with Gasteiger partial charge < -0.3 is 5.73 Å². The molecular formula is C19H20N2OS. The first kappa shape index (κ1) is 15.6. The molecule has 0 aliphatic carbocycles. The quantitative estimate of drug-likeness (QED) is 0.736. The van der Waals surface area contributed by atoms with Crippen molar-refractivity contribution in [3.8, 4) is 11.3 Å². The standard InChI is InChI=1S/C19H20N2OS/c1-12-4-7-16(10-13(12)2)18-14(3)23-19(22)21(18)11-15-5-8-17(20)9-6-15/h4-10H,11,20H2,1-3H3. The first-order chi connectivity index (χ1) is 11.0. The van der Waals surface area contributed by atoms with E-state index in [1.54, 1.807) is 0 Å². The smallest absolute Gasteiger partial charge is 0.308 e. The van der Waals surface area contributed by atoms with Gasteiger partial charge >= 0.3 is 4.87 Å². The average Bonchev–Trinajstić information content (AvgIpc) is 2.79. The van der Waals surface area contributed by atoms with E-state index in [0.29, 0.717) is 6.54 Å². The highest BCUT2D eigenvalue weighted by molar-refractivity contribution is 7.09.